The molecule has 20 heavy (non-hydrogen) atoms. The fraction of sp³-hybridized carbons (Fsp3) is 0.0625. The molecular formula is C16H11IO3. The zero-order valence-corrected chi connectivity index (χ0v) is 12.8. The van der Waals surface area contributed by atoms with E-state index in [0.717, 1.165) is 5.39 Å². The molecule has 0 atom stereocenters. The van der Waals surface area contributed by atoms with Crippen molar-refractivity contribution in [1.82, 2.24) is 0 Å². The molecule has 0 saturated heterocycles. The molecule has 1 heterocycles. The number of aromatic hydroxyl groups is 1. The van der Waals surface area contributed by atoms with Crippen LogP contribution in [0.4, 0.5) is 0 Å². The summed E-state index contributed by atoms with van der Waals surface area (Å²) < 4.78 is 6.28. The van der Waals surface area contributed by atoms with Crippen LogP contribution in [0.2, 0.25) is 0 Å². The van der Waals surface area contributed by atoms with Gasteiger partial charge in [0.2, 0.25) is 0 Å². The van der Waals surface area contributed by atoms with Gasteiger partial charge in [-0.3, -0.25) is 4.79 Å². The maximum atomic E-state index is 12.7. The van der Waals surface area contributed by atoms with Gasteiger partial charge in [0.05, 0.1) is 9.13 Å². The van der Waals surface area contributed by atoms with E-state index in [-0.39, 0.29) is 11.5 Å². The van der Waals surface area contributed by atoms with Gasteiger partial charge in [-0.05, 0) is 53.8 Å². The molecule has 0 aliphatic rings. The molecule has 0 aliphatic carbocycles. The molecule has 0 spiro atoms. The van der Waals surface area contributed by atoms with E-state index in [1.54, 1.807) is 19.1 Å². The molecule has 1 aromatic heterocycles. The monoisotopic (exact) mass is 378 g/mol. The van der Waals surface area contributed by atoms with Crippen LogP contribution >= 0.6 is 22.6 Å². The molecule has 0 bridgehead atoms. The molecule has 0 amide bonds. The topological polar surface area (TPSA) is 50.4 Å². The van der Waals surface area contributed by atoms with Crippen LogP contribution in [0.25, 0.3) is 11.0 Å². The van der Waals surface area contributed by atoms with Crippen LogP contribution in [0.1, 0.15) is 21.7 Å². The first-order chi connectivity index (χ1) is 9.58. The lowest BCUT2D eigenvalue weighted by atomic mass is 10.0. The molecule has 100 valence electrons. The Bertz CT molecular complexity index is 818. The number of ketones is 1. The second-order valence-corrected chi connectivity index (χ2v) is 5.69. The van der Waals surface area contributed by atoms with Crippen LogP contribution < -0.4 is 0 Å². The van der Waals surface area contributed by atoms with Crippen LogP contribution in [0.3, 0.4) is 0 Å². The predicted octanol–water partition coefficient (Wildman–Crippen LogP) is 4.28. The minimum absolute atomic E-state index is 0.0923. The van der Waals surface area contributed by atoms with E-state index in [0.29, 0.717) is 26.0 Å². The summed E-state index contributed by atoms with van der Waals surface area (Å²) in [5, 5.41) is 10.4. The lowest BCUT2D eigenvalue weighted by Gasteiger charge is -2.03. The maximum absolute atomic E-state index is 12.7. The van der Waals surface area contributed by atoms with Crippen LogP contribution in [-0.2, 0) is 0 Å². The van der Waals surface area contributed by atoms with E-state index in [4.69, 9.17) is 4.42 Å². The Labute approximate surface area is 129 Å². The standard InChI is InChI=1S/C16H11IO3/c1-9-15(11-4-2-3-5-14(11)20-9)16(19)10-6-7-13(18)12(17)8-10/h2-8,18H,1H3. The number of hydrogen-bond acceptors (Lipinski definition) is 3. The first-order valence-corrected chi connectivity index (χ1v) is 7.17. The highest BCUT2D eigenvalue weighted by molar-refractivity contribution is 14.1. The average molecular weight is 378 g/mol. The molecule has 3 nitrogen and oxygen atoms in total. The van der Waals surface area contributed by atoms with Crippen molar-refractivity contribution in [1.29, 1.82) is 0 Å². The van der Waals surface area contributed by atoms with Gasteiger partial charge in [0.25, 0.3) is 0 Å². The third-order valence-corrected chi connectivity index (χ3v) is 4.07. The van der Waals surface area contributed by atoms with Gasteiger partial charge in [-0.1, -0.05) is 18.2 Å². The molecule has 0 fully saturated rings. The summed E-state index contributed by atoms with van der Waals surface area (Å²) >= 11 is 2.00. The van der Waals surface area contributed by atoms with Gasteiger partial charge in [-0.2, -0.15) is 0 Å². The normalized spacial score (nSPS) is 10.9. The number of furan rings is 1. The number of benzene rings is 2. The zero-order chi connectivity index (χ0) is 14.3. The van der Waals surface area contributed by atoms with Gasteiger partial charge in [-0.15, -0.1) is 0 Å². The summed E-state index contributed by atoms with van der Waals surface area (Å²) in [6.07, 6.45) is 0. The fourth-order valence-corrected chi connectivity index (χ4v) is 2.76. The molecule has 3 rings (SSSR count). The van der Waals surface area contributed by atoms with Crippen molar-refractivity contribution in [3.63, 3.8) is 0 Å². The third kappa shape index (κ3) is 2.10. The second-order valence-electron chi connectivity index (χ2n) is 4.52. The zero-order valence-electron chi connectivity index (χ0n) is 10.7. The number of aryl methyl sites for hydroxylation is 1. The van der Waals surface area contributed by atoms with Crippen LogP contribution in [0, 0.1) is 10.5 Å². The van der Waals surface area contributed by atoms with E-state index in [1.165, 1.54) is 6.07 Å². The van der Waals surface area contributed by atoms with Crippen molar-refractivity contribution < 1.29 is 14.3 Å². The molecule has 0 aliphatic heterocycles. The Balaban J connectivity index is 2.17. The summed E-state index contributed by atoms with van der Waals surface area (Å²) in [7, 11) is 0. The van der Waals surface area contributed by atoms with Crippen LogP contribution in [-0.4, -0.2) is 10.9 Å². The fourth-order valence-electron chi connectivity index (χ4n) is 2.24. The smallest absolute Gasteiger partial charge is 0.197 e. The van der Waals surface area contributed by atoms with Gasteiger partial charge < -0.3 is 9.52 Å². The Hall–Kier alpha value is -1.82. The van der Waals surface area contributed by atoms with Crippen molar-refractivity contribution in [2.24, 2.45) is 0 Å². The number of carbonyl (C=O) groups excluding carboxylic acids is 1. The van der Waals surface area contributed by atoms with Gasteiger partial charge in [0, 0.05) is 10.9 Å². The number of phenolic OH excluding ortho intramolecular Hbond substituents is 1. The van der Waals surface area contributed by atoms with Gasteiger partial charge in [0.1, 0.15) is 17.1 Å². The minimum atomic E-state index is -0.0923. The molecular weight excluding hydrogens is 367 g/mol. The number of hydrogen-bond donors (Lipinski definition) is 1. The minimum Gasteiger partial charge on any atom is -0.507 e. The largest absolute Gasteiger partial charge is 0.507 e. The van der Waals surface area contributed by atoms with E-state index in [9.17, 15) is 9.90 Å². The first kappa shape index (κ1) is 13.2. The molecule has 3 aromatic rings. The Morgan fingerprint density at radius 1 is 1.20 bits per heavy atom. The Morgan fingerprint density at radius 2 is 1.95 bits per heavy atom. The highest BCUT2D eigenvalue weighted by atomic mass is 127. The summed E-state index contributed by atoms with van der Waals surface area (Å²) in [5.41, 5.74) is 1.84. The van der Waals surface area contributed by atoms with Gasteiger partial charge in [0.15, 0.2) is 5.78 Å². The van der Waals surface area contributed by atoms with Crippen molar-refractivity contribution in [3.8, 4) is 5.75 Å². The van der Waals surface area contributed by atoms with E-state index < -0.39 is 0 Å². The summed E-state index contributed by atoms with van der Waals surface area (Å²) in [6, 6.07) is 12.3. The molecule has 4 heteroatoms. The number of rotatable bonds is 2. The van der Waals surface area contributed by atoms with Crippen molar-refractivity contribution in [2.75, 3.05) is 0 Å². The first-order valence-electron chi connectivity index (χ1n) is 6.09. The molecule has 1 N–H and O–H groups in total. The predicted molar refractivity (Wildman–Crippen MR) is 85.2 cm³/mol. The van der Waals surface area contributed by atoms with Crippen LogP contribution in [0.5, 0.6) is 5.75 Å². The lowest BCUT2D eigenvalue weighted by molar-refractivity contribution is 0.103. The number of phenols is 1. The quantitative estimate of drug-likeness (QED) is 0.535. The lowest BCUT2D eigenvalue weighted by Crippen LogP contribution is -2.02. The van der Waals surface area contributed by atoms with Crippen molar-refractivity contribution >= 4 is 39.3 Å². The number of para-hydroxylation sites is 1. The van der Waals surface area contributed by atoms with E-state index in [1.807, 2.05) is 46.9 Å². The molecule has 0 saturated carbocycles. The molecule has 2 aromatic carbocycles. The number of carbonyl (C=O) groups is 1. The summed E-state index contributed by atoms with van der Waals surface area (Å²) in [6.45, 7) is 1.79. The van der Waals surface area contributed by atoms with E-state index >= 15 is 0 Å². The molecule has 0 radical (unpaired) electrons. The van der Waals surface area contributed by atoms with Crippen LogP contribution in [0.15, 0.2) is 46.9 Å². The summed E-state index contributed by atoms with van der Waals surface area (Å²) in [4.78, 5) is 12.7. The number of halogens is 1. The highest BCUT2D eigenvalue weighted by Crippen LogP contribution is 2.29. The summed E-state index contributed by atoms with van der Waals surface area (Å²) in [5.74, 6) is 0.695. The molecule has 0 unspecified atom stereocenters. The van der Waals surface area contributed by atoms with Gasteiger partial charge >= 0.3 is 0 Å². The van der Waals surface area contributed by atoms with Crippen molar-refractivity contribution in [3.05, 3.63) is 62.9 Å². The average Bonchev–Trinajstić information content (AvgIpc) is 2.77. The third-order valence-electron chi connectivity index (χ3n) is 3.21. The second kappa shape index (κ2) is 4.94. The number of fused-ring (bicyclic) bond motifs is 1. The van der Waals surface area contributed by atoms with Crippen molar-refractivity contribution in [2.45, 2.75) is 6.92 Å². The SMILES string of the molecule is Cc1oc2ccccc2c1C(=O)c1ccc(O)c(I)c1. The Morgan fingerprint density at radius 3 is 2.70 bits per heavy atom. The maximum Gasteiger partial charge on any atom is 0.197 e. The van der Waals surface area contributed by atoms with E-state index in [2.05, 4.69) is 0 Å². The Kier molecular flexibility index (Phi) is 3.25. The highest BCUT2D eigenvalue weighted by Gasteiger charge is 2.19. The van der Waals surface area contributed by atoms with Gasteiger partial charge in [-0.25, -0.2) is 0 Å².